The van der Waals surface area contributed by atoms with E-state index in [9.17, 15) is 10.4 Å². The summed E-state index contributed by atoms with van der Waals surface area (Å²) in [6, 6.07) is 17.2. The molecule has 4 aromatic rings. The summed E-state index contributed by atoms with van der Waals surface area (Å²) >= 11 is 2.62. The molecule has 0 saturated carbocycles. The molecule has 0 atom stereocenters. The van der Waals surface area contributed by atoms with Crippen molar-refractivity contribution in [2.24, 2.45) is 0 Å². The number of fused-ring (bicyclic) bond motifs is 2. The predicted octanol–water partition coefficient (Wildman–Crippen LogP) is 5.02. The normalized spacial score (nSPS) is 12.3. The van der Waals surface area contributed by atoms with Gasteiger partial charge in [0.05, 0.1) is 16.0 Å². The van der Waals surface area contributed by atoms with Gasteiger partial charge in [0.1, 0.15) is 27.9 Å². The van der Waals surface area contributed by atoms with E-state index < -0.39 is 0 Å². The number of nitrogens with zero attached hydrogens (tertiary/aromatic N) is 3. The lowest BCUT2D eigenvalue weighted by molar-refractivity contribution is 0.419. The highest BCUT2D eigenvalue weighted by molar-refractivity contribution is 7.99. The van der Waals surface area contributed by atoms with E-state index in [1.807, 2.05) is 48.5 Å². The molecule has 25 heavy (non-hydrogen) atoms. The van der Waals surface area contributed by atoms with Crippen molar-refractivity contribution in [1.82, 2.24) is 9.97 Å². The maximum absolute atomic E-state index is 10.4. The van der Waals surface area contributed by atoms with Gasteiger partial charge in [-0.2, -0.15) is 5.26 Å². The molecule has 0 aliphatic heterocycles. The maximum atomic E-state index is 10.4. The van der Waals surface area contributed by atoms with Crippen molar-refractivity contribution in [1.29, 1.82) is 5.26 Å². The van der Waals surface area contributed by atoms with E-state index in [0.717, 1.165) is 15.7 Å². The van der Waals surface area contributed by atoms with Gasteiger partial charge in [-0.1, -0.05) is 36.0 Å². The molecular weight excluding hydrogens is 354 g/mol. The summed E-state index contributed by atoms with van der Waals surface area (Å²) in [5.41, 5.74) is 2.46. The molecule has 5 nitrogen and oxygen atoms in total. The van der Waals surface area contributed by atoms with E-state index in [-0.39, 0.29) is 17.1 Å². The van der Waals surface area contributed by atoms with E-state index >= 15 is 0 Å². The molecule has 0 amide bonds. The fourth-order valence-electron chi connectivity index (χ4n) is 2.33. The lowest BCUT2D eigenvalue weighted by atomic mass is 10.2. The van der Waals surface area contributed by atoms with Crippen LogP contribution < -0.4 is 0 Å². The second-order valence-electron chi connectivity index (χ2n) is 5.16. The summed E-state index contributed by atoms with van der Waals surface area (Å²) in [6.45, 7) is 0. The molecule has 0 unspecified atom stereocenters. The molecule has 1 N–H and O–H groups in total. The van der Waals surface area contributed by atoms with Crippen molar-refractivity contribution in [3.8, 4) is 6.07 Å². The van der Waals surface area contributed by atoms with Gasteiger partial charge in [-0.15, -0.1) is 11.3 Å². The first-order valence-electron chi connectivity index (χ1n) is 7.41. The molecule has 0 saturated heterocycles. The molecule has 0 spiro atoms. The number of allylic oxidation sites excluding steroid dienone is 1. The zero-order chi connectivity index (χ0) is 17.2. The molecule has 4 rings (SSSR count). The van der Waals surface area contributed by atoms with Gasteiger partial charge in [-0.05, 0) is 24.3 Å². The van der Waals surface area contributed by atoms with Crippen molar-refractivity contribution in [2.45, 2.75) is 5.22 Å². The lowest BCUT2D eigenvalue weighted by Crippen LogP contribution is -1.92. The van der Waals surface area contributed by atoms with Gasteiger partial charge >= 0.3 is 0 Å². The molecule has 122 valence electrons. The van der Waals surface area contributed by atoms with Gasteiger partial charge in [0, 0.05) is 0 Å². The molecule has 0 fully saturated rings. The highest BCUT2D eigenvalue weighted by atomic mass is 32.2. The summed E-state index contributed by atoms with van der Waals surface area (Å²) in [5, 5.41) is 20.8. The number of aliphatic hydroxyl groups excluding tert-OH is 1. The lowest BCUT2D eigenvalue weighted by Gasteiger charge is -1.99. The van der Waals surface area contributed by atoms with Crippen LogP contribution in [0.25, 0.3) is 26.9 Å². The largest absolute Gasteiger partial charge is 0.510 e. The Balaban J connectivity index is 1.60. The summed E-state index contributed by atoms with van der Waals surface area (Å²) in [7, 11) is 0. The van der Waals surface area contributed by atoms with Crippen molar-refractivity contribution >= 4 is 50.0 Å². The van der Waals surface area contributed by atoms with E-state index in [4.69, 9.17) is 4.42 Å². The number of nitriles is 1. The van der Waals surface area contributed by atoms with Gasteiger partial charge in [0.2, 0.25) is 0 Å². The summed E-state index contributed by atoms with van der Waals surface area (Å²) in [5.74, 6) is 0.153. The van der Waals surface area contributed by atoms with E-state index in [0.29, 0.717) is 15.8 Å². The highest BCUT2D eigenvalue weighted by Gasteiger charge is 2.15. The summed E-state index contributed by atoms with van der Waals surface area (Å²) < 4.78 is 6.58. The maximum Gasteiger partial charge on any atom is 0.257 e. The first kappa shape index (κ1) is 15.7. The first-order valence-corrected chi connectivity index (χ1v) is 9.21. The molecule has 0 aliphatic rings. The molecule has 7 heteroatoms. The Morgan fingerprint density at radius 1 is 1.12 bits per heavy atom. The minimum Gasteiger partial charge on any atom is -0.510 e. The van der Waals surface area contributed by atoms with Crippen LogP contribution in [-0.4, -0.2) is 20.8 Å². The Hall–Kier alpha value is -2.82. The molecule has 2 aromatic heterocycles. The van der Waals surface area contributed by atoms with Crippen LogP contribution in [0.2, 0.25) is 0 Å². The summed E-state index contributed by atoms with van der Waals surface area (Å²) in [4.78, 5) is 8.77. The number of thioether (sulfide) groups is 1. The number of thiazole rings is 1. The van der Waals surface area contributed by atoms with E-state index in [2.05, 4.69) is 16.0 Å². The quantitative estimate of drug-likeness (QED) is 0.310. The molecular formula is C18H11N3O2S2. The van der Waals surface area contributed by atoms with Crippen LogP contribution in [0.3, 0.4) is 0 Å². The van der Waals surface area contributed by atoms with Crippen LogP contribution in [0.5, 0.6) is 0 Å². The van der Waals surface area contributed by atoms with E-state index in [1.165, 1.54) is 23.1 Å². The Kier molecular flexibility index (Phi) is 4.14. The van der Waals surface area contributed by atoms with E-state index in [1.54, 1.807) is 0 Å². The van der Waals surface area contributed by atoms with Crippen LogP contribution in [0, 0.1) is 11.3 Å². The third-order valence-corrected chi connectivity index (χ3v) is 5.41. The molecule has 0 bridgehead atoms. The second-order valence-corrected chi connectivity index (χ2v) is 7.11. The van der Waals surface area contributed by atoms with Crippen LogP contribution in [0.1, 0.15) is 5.01 Å². The first-order chi connectivity index (χ1) is 12.2. The molecule has 0 aliphatic carbocycles. The van der Waals surface area contributed by atoms with Crippen LogP contribution in [-0.2, 0) is 0 Å². The monoisotopic (exact) mass is 365 g/mol. The zero-order valence-electron chi connectivity index (χ0n) is 12.8. The fourth-order valence-corrected chi connectivity index (χ4v) is 4.03. The molecule has 2 aromatic carbocycles. The van der Waals surface area contributed by atoms with Gasteiger partial charge in [0.15, 0.2) is 5.58 Å². The van der Waals surface area contributed by atoms with Crippen LogP contribution in [0.4, 0.5) is 0 Å². The predicted molar refractivity (Wildman–Crippen MR) is 99.5 cm³/mol. The average molecular weight is 365 g/mol. The fraction of sp³-hybridized carbons (Fsp3) is 0.0556. The number of hydrogen-bond donors (Lipinski definition) is 1. The van der Waals surface area contributed by atoms with Crippen LogP contribution >= 0.6 is 23.1 Å². The minimum atomic E-state index is -0.0335. The third-order valence-electron chi connectivity index (χ3n) is 3.51. The molecule has 2 heterocycles. The Morgan fingerprint density at radius 2 is 1.88 bits per heavy atom. The average Bonchev–Trinajstić information content (AvgIpc) is 3.23. The van der Waals surface area contributed by atoms with Gasteiger partial charge in [-0.3, -0.25) is 0 Å². The highest BCUT2D eigenvalue weighted by Crippen LogP contribution is 2.30. The van der Waals surface area contributed by atoms with Crippen LogP contribution in [0.15, 0.2) is 63.9 Å². The summed E-state index contributed by atoms with van der Waals surface area (Å²) in [6.07, 6.45) is 0. The zero-order valence-corrected chi connectivity index (χ0v) is 14.5. The smallest absolute Gasteiger partial charge is 0.257 e. The Bertz CT molecular complexity index is 1070. The van der Waals surface area contributed by atoms with Gasteiger partial charge in [0.25, 0.3) is 5.22 Å². The van der Waals surface area contributed by atoms with Crippen molar-refractivity contribution in [3.63, 3.8) is 0 Å². The number of oxazole rings is 1. The number of hydrogen-bond acceptors (Lipinski definition) is 7. The van der Waals surface area contributed by atoms with Crippen molar-refractivity contribution in [2.75, 3.05) is 5.75 Å². The second kappa shape index (κ2) is 6.59. The number of rotatable bonds is 4. The Morgan fingerprint density at radius 3 is 2.64 bits per heavy atom. The Labute approximate surface area is 151 Å². The third kappa shape index (κ3) is 3.09. The number of aromatic nitrogens is 2. The van der Waals surface area contributed by atoms with Crippen molar-refractivity contribution < 1.29 is 9.52 Å². The van der Waals surface area contributed by atoms with Gasteiger partial charge < -0.3 is 9.52 Å². The molecule has 0 radical (unpaired) electrons. The van der Waals surface area contributed by atoms with Gasteiger partial charge in [-0.25, -0.2) is 9.97 Å². The number of aliphatic hydroxyl groups is 1. The standard InChI is InChI=1S/C18H11N3O2S2/c19-9-11(17-20-13-6-2-4-8-16(13)25-17)14(22)10-24-18-21-12-5-1-3-7-15(12)23-18/h1-8,22H,10H2/b14-11+. The minimum absolute atomic E-state index is 0.0335. The number of para-hydroxylation sites is 3. The number of benzene rings is 2. The topological polar surface area (TPSA) is 82.9 Å². The SMILES string of the molecule is N#C/C(=C(\O)CSc1nc2ccccc2o1)c1nc2ccccc2s1. The van der Waals surface area contributed by atoms with Crippen molar-refractivity contribution in [3.05, 3.63) is 59.3 Å².